The van der Waals surface area contributed by atoms with Crippen LogP contribution in [0.2, 0.25) is 0 Å². The zero-order valence-electron chi connectivity index (χ0n) is 18.6. The highest BCUT2D eigenvalue weighted by Gasteiger charge is 2.21. The lowest BCUT2D eigenvalue weighted by Crippen LogP contribution is -2.25. The minimum Gasteiger partial charge on any atom is -0.488 e. The lowest BCUT2D eigenvalue weighted by molar-refractivity contribution is 0.0823. The zero-order chi connectivity index (χ0) is 21.6. The van der Waals surface area contributed by atoms with Crippen LogP contribution in [-0.2, 0) is 16.8 Å². The summed E-state index contributed by atoms with van der Waals surface area (Å²) in [5.41, 5.74) is 2.02. The van der Waals surface area contributed by atoms with Crippen molar-refractivity contribution in [2.45, 2.75) is 52.2 Å². The fourth-order valence-corrected chi connectivity index (χ4v) is 3.16. The Bertz CT molecular complexity index is 922. The second-order valence-corrected chi connectivity index (χ2v) is 9.18. The average Bonchev–Trinajstić information content (AvgIpc) is 2.68. The van der Waals surface area contributed by atoms with Gasteiger partial charge in [-0.1, -0.05) is 56.3 Å². The molecular formula is C27H32O3. The van der Waals surface area contributed by atoms with Gasteiger partial charge in [-0.15, -0.1) is 0 Å². The first kappa shape index (κ1) is 21.9. The van der Waals surface area contributed by atoms with Crippen LogP contribution in [0.25, 0.3) is 0 Å². The maximum Gasteiger partial charge on any atom is 0.127 e. The number of hydrogen-bond donors (Lipinski definition) is 0. The van der Waals surface area contributed by atoms with Crippen LogP contribution in [-0.4, -0.2) is 12.2 Å². The van der Waals surface area contributed by atoms with Crippen LogP contribution in [0.1, 0.15) is 45.7 Å². The molecule has 3 heteroatoms. The molecule has 0 radical (unpaired) electrons. The zero-order valence-corrected chi connectivity index (χ0v) is 18.6. The molecule has 0 fully saturated rings. The molecule has 0 atom stereocenters. The minimum absolute atomic E-state index is 0.0988. The van der Waals surface area contributed by atoms with E-state index in [-0.39, 0.29) is 11.0 Å². The van der Waals surface area contributed by atoms with Gasteiger partial charge in [-0.05, 0) is 68.3 Å². The molecule has 3 nitrogen and oxygen atoms in total. The summed E-state index contributed by atoms with van der Waals surface area (Å²) in [6, 6.07) is 26.2. The lowest BCUT2D eigenvalue weighted by atomic mass is 9.85. The van der Waals surface area contributed by atoms with E-state index in [0.717, 1.165) is 22.8 Å². The molecule has 0 saturated heterocycles. The Hall–Kier alpha value is -2.78. The van der Waals surface area contributed by atoms with Crippen molar-refractivity contribution in [2.75, 3.05) is 6.61 Å². The van der Waals surface area contributed by atoms with E-state index in [4.69, 9.17) is 14.2 Å². The van der Waals surface area contributed by atoms with Crippen molar-refractivity contribution in [3.8, 4) is 17.2 Å². The van der Waals surface area contributed by atoms with Gasteiger partial charge in [0.05, 0.1) is 13.2 Å². The van der Waals surface area contributed by atoms with Crippen molar-refractivity contribution in [1.82, 2.24) is 0 Å². The second-order valence-electron chi connectivity index (χ2n) is 9.18. The second kappa shape index (κ2) is 9.36. The maximum absolute atomic E-state index is 6.07. The highest BCUT2D eigenvalue weighted by molar-refractivity contribution is 5.34. The quantitative estimate of drug-likeness (QED) is 0.399. The SMILES string of the molecule is CC(C)(C)Oc1ccc(C(C)(C)COCc2cccc(Oc3ccccc3)c2)cc1. The first-order valence-corrected chi connectivity index (χ1v) is 10.4. The minimum atomic E-state index is -0.196. The number of hydrogen-bond acceptors (Lipinski definition) is 3. The Morgan fingerprint density at radius 1 is 0.667 bits per heavy atom. The van der Waals surface area contributed by atoms with Gasteiger partial charge < -0.3 is 14.2 Å². The summed E-state index contributed by atoms with van der Waals surface area (Å²) in [5, 5.41) is 0. The van der Waals surface area contributed by atoms with Gasteiger partial charge in [0, 0.05) is 5.41 Å². The molecule has 0 aromatic heterocycles. The third-order valence-electron chi connectivity index (χ3n) is 4.67. The molecule has 0 bridgehead atoms. The summed E-state index contributed by atoms with van der Waals surface area (Å²) >= 11 is 0. The van der Waals surface area contributed by atoms with Crippen molar-refractivity contribution >= 4 is 0 Å². The lowest BCUT2D eigenvalue weighted by Gasteiger charge is -2.26. The molecule has 0 heterocycles. The molecule has 0 amide bonds. The molecule has 3 rings (SSSR count). The monoisotopic (exact) mass is 404 g/mol. The standard InChI is InChI=1S/C27H32O3/c1-26(2,3)30-24-16-14-22(15-17-24)27(4,5)20-28-19-21-10-9-13-25(18-21)29-23-11-7-6-8-12-23/h6-18H,19-20H2,1-5H3. The fraction of sp³-hybridized carbons (Fsp3) is 0.333. The summed E-state index contributed by atoms with van der Waals surface area (Å²) < 4.78 is 17.9. The van der Waals surface area contributed by atoms with E-state index in [1.807, 2.05) is 60.7 Å². The van der Waals surface area contributed by atoms with Crippen molar-refractivity contribution in [3.63, 3.8) is 0 Å². The van der Waals surface area contributed by atoms with Crippen LogP contribution < -0.4 is 9.47 Å². The van der Waals surface area contributed by atoms with E-state index < -0.39 is 0 Å². The molecule has 0 spiro atoms. The Labute approximate surface area is 180 Å². The average molecular weight is 405 g/mol. The van der Waals surface area contributed by atoms with Gasteiger partial charge >= 0.3 is 0 Å². The predicted octanol–water partition coefficient (Wildman–Crippen LogP) is 7.15. The van der Waals surface area contributed by atoms with E-state index in [1.165, 1.54) is 5.56 Å². The molecule has 0 aliphatic rings. The van der Waals surface area contributed by atoms with Gasteiger partial charge in [0.15, 0.2) is 0 Å². The number of para-hydroxylation sites is 1. The van der Waals surface area contributed by atoms with Crippen molar-refractivity contribution in [1.29, 1.82) is 0 Å². The Morgan fingerprint density at radius 3 is 2.00 bits per heavy atom. The van der Waals surface area contributed by atoms with Crippen LogP contribution >= 0.6 is 0 Å². The summed E-state index contributed by atoms with van der Waals surface area (Å²) in [6.45, 7) is 11.7. The van der Waals surface area contributed by atoms with Gasteiger partial charge in [-0.25, -0.2) is 0 Å². The fourth-order valence-electron chi connectivity index (χ4n) is 3.16. The van der Waals surface area contributed by atoms with Gasteiger partial charge in [0.1, 0.15) is 22.8 Å². The highest BCUT2D eigenvalue weighted by atomic mass is 16.5. The van der Waals surface area contributed by atoms with Gasteiger partial charge in [-0.2, -0.15) is 0 Å². The van der Waals surface area contributed by atoms with Gasteiger partial charge in [-0.3, -0.25) is 0 Å². The van der Waals surface area contributed by atoms with Crippen LogP contribution in [0.4, 0.5) is 0 Å². The molecule has 3 aromatic rings. The van der Waals surface area contributed by atoms with Gasteiger partial charge in [0.25, 0.3) is 0 Å². The third-order valence-corrected chi connectivity index (χ3v) is 4.67. The smallest absolute Gasteiger partial charge is 0.127 e. The summed E-state index contributed by atoms with van der Waals surface area (Å²) in [6.07, 6.45) is 0. The van der Waals surface area contributed by atoms with Crippen molar-refractivity contribution < 1.29 is 14.2 Å². The molecular weight excluding hydrogens is 372 g/mol. The van der Waals surface area contributed by atoms with E-state index in [1.54, 1.807) is 0 Å². The van der Waals surface area contributed by atoms with E-state index in [9.17, 15) is 0 Å². The van der Waals surface area contributed by atoms with Crippen LogP contribution in [0.5, 0.6) is 17.2 Å². The van der Waals surface area contributed by atoms with Crippen molar-refractivity contribution in [2.24, 2.45) is 0 Å². The highest BCUT2D eigenvalue weighted by Crippen LogP contribution is 2.28. The summed E-state index contributed by atoms with van der Waals surface area (Å²) in [5.74, 6) is 2.53. The summed E-state index contributed by atoms with van der Waals surface area (Å²) in [7, 11) is 0. The molecule has 30 heavy (non-hydrogen) atoms. The van der Waals surface area contributed by atoms with E-state index in [2.05, 4.69) is 52.8 Å². The largest absolute Gasteiger partial charge is 0.488 e. The molecule has 0 aliphatic carbocycles. The maximum atomic E-state index is 6.07. The first-order chi connectivity index (χ1) is 14.2. The number of ether oxygens (including phenoxy) is 3. The Morgan fingerprint density at radius 2 is 1.33 bits per heavy atom. The molecule has 158 valence electrons. The van der Waals surface area contributed by atoms with Crippen LogP contribution in [0.3, 0.4) is 0 Å². The Kier molecular flexibility index (Phi) is 6.84. The third kappa shape index (κ3) is 6.64. The van der Waals surface area contributed by atoms with Crippen molar-refractivity contribution in [3.05, 3.63) is 90.0 Å². The molecule has 3 aromatic carbocycles. The molecule has 0 saturated carbocycles. The molecule has 0 aliphatic heterocycles. The molecule has 0 N–H and O–H groups in total. The number of rotatable bonds is 8. The normalized spacial score (nSPS) is 11.9. The number of benzene rings is 3. The topological polar surface area (TPSA) is 27.7 Å². The molecule has 0 unspecified atom stereocenters. The predicted molar refractivity (Wildman–Crippen MR) is 122 cm³/mol. The van der Waals surface area contributed by atoms with Gasteiger partial charge in [0.2, 0.25) is 0 Å². The van der Waals surface area contributed by atoms with E-state index >= 15 is 0 Å². The first-order valence-electron chi connectivity index (χ1n) is 10.4. The van der Waals surface area contributed by atoms with E-state index in [0.29, 0.717) is 13.2 Å². The summed E-state index contributed by atoms with van der Waals surface area (Å²) in [4.78, 5) is 0. The Balaban J connectivity index is 1.55. The van der Waals surface area contributed by atoms with Crippen LogP contribution in [0.15, 0.2) is 78.9 Å². The van der Waals surface area contributed by atoms with Crippen LogP contribution in [0, 0.1) is 0 Å².